The third-order valence-electron chi connectivity index (χ3n) is 7.81. The van der Waals surface area contributed by atoms with Crippen LogP contribution >= 0.6 is 23.2 Å². The number of benzene rings is 6. The molecule has 2 aromatic heterocycles. The molecule has 2 nitrogen and oxygen atoms in total. The molecule has 0 saturated heterocycles. The van der Waals surface area contributed by atoms with E-state index in [1.54, 1.807) is 6.07 Å². The minimum atomic E-state index is 0.604. The predicted molar refractivity (Wildman–Crippen MR) is 171 cm³/mol. The first-order valence-electron chi connectivity index (χ1n) is 13.3. The molecule has 0 atom stereocenters. The highest BCUT2D eigenvalue weighted by atomic mass is 35.5. The summed E-state index contributed by atoms with van der Waals surface area (Å²) in [6.45, 7) is 0. The van der Waals surface area contributed by atoms with Crippen LogP contribution in [0.25, 0.3) is 66.1 Å². The van der Waals surface area contributed by atoms with E-state index in [2.05, 4.69) is 124 Å². The van der Waals surface area contributed by atoms with E-state index in [-0.39, 0.29) is 0 Å². The van der Waals surface area contributed by atoms with Crippen LogP contribution in [0.3, 0.4) is 0 Å². The molecule has 40 heavy (non-hydrogen) atoms. The molecule has 6 aromatic carbocycles. The van der Waals surface area contributed by atoms with Crippen LogP contribution in [0.15, 0.2) is 133 Å². The Morgan fingerprint density at radius 1 is 0.375 bits per heavy atom. The van der Waals surface area contributed by atoms with Gasteiger partial charge in [-0.1, -0.05) is 102 Å². The number of hydrogen-bond acceptors (Lipinski definition) is 0. The Hall–Kier alpha value is -4.50. The van der Waals surface area contributed by atoms with Gasteiger partial charge in [-0.2, -0.15) is 0 Å². The van der Waals surface area contributed by atoms with Crippen LogP contribution in [0.1, 0.15) is 0 Å². The Kier molecular flexibility index (Phi) is 5.28. The molecule has 8 rings (SSSR count). The Morgan fingerprint density at radius 2 is 0.725 bits per heavy atom. The van der Waals surface area contributed by atoms with Gasteiger partial charge in [0.2, 0.25) is 0 Å². The Morgan fingerprint density at radius 3 is 1.10 bits per heavy atom. The zero-order chi connectivity index (χ0) is 26.8. The van der Waals surface area contributed by atoms with E-state index in [9.17, 15) is 0 Å². The normalized spacial score (nSPS) is 11.8. The van der Waals surface area contributed by atoms with E-state index < -0.39 is 0 Å². The van der Waals surface area contributed by atoms with Gasteiger partial charge in [-0.3, -0.25) is 0 Å². The fourth-order valence-electron chi connectivity index (χ4n) is 6.26. The Labute approximate surface area is 241 Å². The summed E-state index contributed by atoms with van der Waals surface area (Å²) in [5.41, 5.74) is 8.76. The van der Waals surface area contributed by atoms with E-state index in [1.807, 2.05) is 12.1 Å². The molecule has 0 unspecified atom stereocenters. The first-order chi connectivity index (χ1) is 19.7. The van der Waals surface area contributed by atoms with Crippen LogP contribution in [0, 0.1) is 0 Å². The van der Waals surface area contributed by atoms with Crippen LogP contribution in [-0.2, 0) is 0 Å². The monoisotopic (exact) mass is 552 g/mol. The lowest BCUT2D eigenvalue weighted by molar-refractivity contribution is 1.14. The standard InChI is InChI=1S/C36H22Cl2N2/c37-24-20-23(21-25(38)22-24)36-34(39-30-14-5-1-10-26(30)27-11-2-6-15-31(27)39)18-9-19-35(36)40-32-16-7-3-12-28(32)29-13-4-8-17-33(29)40/h1-22H. The van der Waals surface area contributed by atoms with Gasteiger partial charge < -0.3 is 9.13 Å². The molecular weight excluding hydrogens is 531 g/mol. The molecule has 0 N–H and O–H groups in total. The minimum Gasteiger partial charge on any atom is -0.309 e. The molecule has 0 bridgehead atoms. The molecule has 8 aromatic rings. The molecule has 2 heterocycles. The predicted octanol–water partition coefficient (Wildman–Crippen LogP) is 10.9. The van der Waals surface area contributed by atoms with Crippen LogP contribution in [0.2, 0.25) is 10.0 Å². The molecule has 0 fully saturated rings. The van der Waals surface area contributed by atoms with Crippen molar-refractivity contribution in [2.75, 3.05) is 0 Å². The number of nitrogens with zero attached hydrogens (tertiary/aromatic N) is 2. The molecular formula is C36H22Cl2N2. The summed E-state index contributed by atoms with van der Waals surface area (Å²) in [6.07, 6.45) is 0. The Bertz CT molecular complexity index is 2000. The van der Waals surface area contributed by atoms with Crippen molar-refractivity contribution in [3.63, 3.8) is 0 Å². The van der Waals surface area contributed by atoms with Gasteiger partial charge in [-0.15, -0.1) is 0 Å². The second-order valence-corrected chi connectivity index (χ2v) is 10.9. The van der Waals surface area contributed by atoms with E-state index in [4.69, 9.17) is 23.2 Å². The van der Waals surface area contributed by atoms with Crippen molar-refractivity contribution in [2.45, 2.75) is 0 Å². The van der Waals surface area contributed by atoms with Crippen molar-refractivity contribution in [3.05, 3.63) is 144 Å². The fourth-order valence-corrected chi connectivity index (χ4v) is 6.79. The van der Waals surface area contributed by atoms with Crippen molar-refractivity contribution in [3.8, 4) is 22.5 Å². The number of hydrogen-bond donors (Lipinski definition) is 0. The van der Waals surface area contributed by atoms with Crippen LogP contribution in [0.4, 0.5) is 0 Å². The van der Waals surface area contributed by atoms with Gasteiger partial charge in [0.25, 0.3) is 0 Å². The highest BCUT2D eigenvalue weighted by Crippen LogP contribution is 2.42. The third-order valence-corrected chi connectivity index (χ3v) is 8.25. The third kappa shape index (κ3) is 3.43. The molecule has 0 radical (unpaired) electrons. The highest BCUT2D eigenvalue weighted by Gasteiger charge is 2.21. The number of para-hydroxylation sites is 4. The average molecular weight is 553 g/mol. The van der Waals surface area contributed by atoms with Crippen LogP contribution < -0.4 is 0 Å². The lowest BCUT2D eigenvalue weighted by atomic mass is 10.00. The molecule has 190 valence electrons. The zero-order valence-electron chi connectivity index (χ0n) is 21.4. The van der Waals surface area contributed by atoms with E-state index >= 15 is 0 Å². The number of halogens is 2. The SMILES string of the molecule is Clc1cc(Cl)cc(-c2c(-n3c4ccccc4c4ccccc43)cccc2-n2c3ccccc3c3ccccc32)c1. The van der Waals surface area contributed by atoms with Crippen molar-refractivity contribution in [1.29, 1.82) is 0 Å². The molecule has 0 aliphatic rings. The molecule has 4 heteroatoms. The summed E-state index contributed by atoms with van der Waals surface area (Å²) in [5, 5.41) is 6.08. The second kappa shape index (κ2) is 9.02. The molecule has 0 amide bonds. The van der Waals surface area contributed by atoms with Gasteiger partial charge >= 0.3 is 0 Å². The molecule has 0 aliphatic carbocycles. The number of rotatable bonds is 3. The molecule has 0 aliphatic heterocycles. The number of fused-ring (bicyclic) bond motifs is 6. The largest absolute Gasteiger partial charge is 0.309 e. The van der Waals surface area contributed by atoms with Gasteiger partial charge in [0.05, 0.1) is 33.4 Å². The topological polar surface area (TPSA) is 9.86 Å². The second-order valence-electron chi connectivity index (χ2n) is 10.1. The van der Waals surface area contributed by atoms with Crippen molar-refractivity contribution >= 4 is 66.8 Å². The van der Waals surface area contributed by atoms with E-state index in [1.165, 1.54) is 21.5 Å². The van der Waals surface area contributed by atoms with E-state index in [0.717, 1.165) is 44.6 Å². The molecule has 0 saturated carbocycles. The highest BCUT2D eigenvalue weighted by molar-refractivity contribution is 6.35. The summed E-state index contributed by atoms with van der Waals surface area (Å²) in [6, 6.07) is 46.7. The summed E-state index contributed by atoms with van der Waals surface area (Å²) in [7, 11) is 0. The average Bonchev–Trinajstić information content (AvgIpc) is 3.49. The minimum absolute atomic E-state index is 0.604. The maximum absolute atomic E-state index is 6.64. The smallest absolute Gasteiger partial charge is 0.0561 e. The first-order valence-corrected chi connectivity index (χ1v) is 14.0. The van der Waals surface area contributed by atoms with Gasteiger partial charge in [0.1, 0.15) is 0 Å². The van der Waals surface area contributed by atoms with E-state index in [0.29, 0.717) is 10.0 Å². The van der Waals surface area contributed by atoms with Gasteiger partial charge in [0.15, 0.2) is 0 Å². The lowest BCUT2D eigenvalue weighted by Gasteiger charge is -2.20. The Balaban J connectivity index is 1.58. The molecule has 0 spiro atoms. The lowest BCUT2D eigenvalue weighted by Crippen LogP contribution is -2.03. The van der Waals surface area contributed by atoms with Crippen molar-refractivity contribution in [1.82, 2.24) is 9.13 Å². The summed E-state index contributed by atoms with van der Waals surface area (Å²) in [4.78, 5) is 0. The fraction of sp³-hybridized carbons (Fsp3) is 0. The quantitative estimate of drug-likeness (QED) is 0.206. The summed E-state index contributed by atoms with van der Waals surface area (Å²) < 4.78 is 4.73. The van der Waals surface area contributed by atoms with Crippen molar-refractivity contribution < 1.29 is 0 Å². The van der Waals surface area contributed by atoms with Gasteiger partial charge in [-0.25, -0.2) is 0 Å². The van der Waals surface area contributed by atoms with Gasteiger partial charge in [0, 0.05) is 37.2 Å². The summed E-state index contributed by atoms with van der Waals surface area (Å²) in [5.74, 6) is 0. The van der Waals surface area contributed by atoms with Crippen molar-refractivity contribution in [2.24, 2.45) is 0 Å². The maximum atomic E-state index is 6.64. The number of aromatic nitrogens is 2. The summed E-state index contributed by atoms with van der Waals surface area (Å²) >= 11 is 13.3. The van der Waals surface area contributed by atoms with Crippen LogP contribution in [0.5, 0.6) is 0 Å². The first kappa shape index (κ1) is 23.4. The maximum Gasteiger partial charge on any atom is 0.0561 e. The van der Waals surface area contributed by atoms with Crippen LogP contribution in [-0.4, -0.2) is 9.13 Å². The zero-order valence-corrected chi connectivity index (χ0v) is 22.9. The van der Waals surface area contributed by atoms with Gasteiger partial charge in [-0.05, 0) is 60.2 Å².